The summed E-state index contributed by atoms with van der Waals surface area (Å²) in [6.07, 6.45) is -4.06. The van der Waals surface area contributed by atoms with Crippen LogP contribution in [-0.4, -0.2) is 49.7 Å². The Morgan fingerprint density at radius 2 is 2.08 bits per heavy atom. The van der Waals surface area contributed by atoms with Crippen molar-refractivity contribution in [2.75, 3.05) is 6.61 Å². The molecule has 2 N–H and O–H groups in total. The van der Waals surface area contributed by atoms with Gasteiger partial charge in [0.25, 0.3) is 0 Å². The molecule has 4 atom stereocenters. The smallest absolute Gasteiger partial charge is 0.173 e. The van der Waals surface area contributed by atoms with Crippen LogP contribution in [0.5, 0.6) is 0 Å². The summed E-state index contributed by atoms with van der Waals surface area (Å²) in [4.78, 5) is 8.16. The van der Waals surface area contributed by atoms with Crippen LogP contribution < -0.4 is 0 Å². The Labute approximate surface area is 145 Å². The molecular weight excluding hydrogens is 360 g/mol. The number of hydrogen-bond donors (Lipinski definition) is 2. The van der Waals surface area contributed by atoms with Crippen LogP contribution in [0.2, 0.25) is 10.2 Å². The highest BCUT2D eigenvalue weighted by Gasteiger charge is 2.46. The van der Waals surface area contributed by atoms with Crippen molar-refractivity contribution in [2.24, 2.45) is 0 Å². The van der Waals surface area contributed by atoms with Crippen LogP contribution in [0.15, 0.2) is 24.5 Å². The quantitative estimate of drug-likeness (QED) is 0.676. The number of aliphatic hydroxyl groups is 2. The van der Waals surface area contributed by atoms with Crippen LogP contribution in [-0.2, 0) is 4.74 Å². The van der Waals surface area contributed by atoms with Gasteiger partial charge in [0, 0.05) is 10.4 Å². The van der Waals surface area contributed by atoms with E-state index in [-0.39, 0.29) is 5.15 Å². The zero-order chi connectivity index (χ0) is 17.0. The maximum atomic E-state index is 14.6. The zero-order valence-corrected chi connectivity index (χ0v) is 13.6. The standard InChI is InChI=1S/C15H12Cl2FN3O3/c16-6-1-2-8-7(3-6)10-13(17)19-5-20-14(10)21(8)15-11(18)12(23)9(4-22)24-15/h1-3,5,9,11-12,15,22-23H,4H2/t9-,11-,12-,15-/m1/s1. The van der Waals surface area contributed by atoms with E-state index < -0.39 is 31.2 Å². The van der Waals surface area contributed by atoms with Crippen molar-refractivity contribution in [3.63, 3.8) is 0 Å². The normalized spacial score (nSPS) is 27.4. The number of benzene rings is 1. The number of alkyl halides is 1. The lowest BCUT2D eigenvalue weighted by Crippen LogP contribution is -2.30. The van der Waals surface area contributed by atoms with E-state index in [1.54, 1.807) is 18.2 Å². The predicted octanol–water partition coefficient (Wildman–Crippen LogP) is 2.48. The monoisotopic (exact) mass is 371 g/mol. The number of rotatable bonds is 2. The van der Waals surface area contributed by atoms with Gasteiger partial charge in [0.1, 0.15) is 29.3 Å². The molecule has 0 unspecified atom stereocenters. The lowest BCUT2D eigenvalue weighted by atomic mass is 10.1. The molecule has 6 nitrogen and oxygen atoms in total. The largest absolute Gasteiger partial charge is 0.394 e. The number of nitrogens with zero attached hydrogens (tertiary/aromatic N) is 3. The lowest BCUT2D eigenvalue weighted by Gasteiger charge is -2.17. The van der Waals surface area contributed by atoms with E-state index in [1.807, 2.05) is 0 Å². The highest BCUT2D eigenvalue weighted by Crippen LogP contribution is 2.40. The third-order valence-corrected chi connectivity index (χ3v) is 4.75. The first-order valence-corrected chi connectivity index (χ1v) is 7.96. The second-order valence-corrected chi connectivity index (χ2v) is 6.37. The van der Waals surface area contributed by atoms with Gasteiger partial charge in [-0.1, -0.05) is 23.2 Å². The van der Waals surface area contributed by atoms with Gasteiger partial charge in [0.15, 0.2) is 12.4 Å². The number of fused-ring (bicyclic) bond motifs is 3. The highest BCUT2D eigenvalue weighted by atomic mass is 35.5. The van der Waals surface area contributed by atoms with E-state index in [0.29, 0.717) is 27.0 Å². The average molecular weight is 372 g/mol. The van der Waals surface area contributed by atoms with Crippen LogP contribution in [0, 0.1) is 0 Å². The Balaban J connectivity index is 2.02. The first-order chi connectivity index (χ1) is 11.5. The summed E-state index contributed by atoms with van der Waals surface area (Å²) in [5, 5.41) is 21.0. The molecule has 0 spiro atoms. The molecule has 0 bridgehead atoms. The van der Waals surface area contributed by atoms with Crippen LogP contribution in [0.3, 0.4) is 0 Å². The van der Waals surface area contributed by atoms with Gasteiger partial charge in [-0.2, -0.15) is 0 Å². The zero-order valence-electron chi connectivity index (χ0n) is 12.1. The number of halogens is 3. The SMILES string of the molecule is OC[C@H]1O[C@@H](n2c3ccc(Cl)cc3c3c(Cl)ncnc32)[C@H](F)[C@@H]1O. The summed E-state index contributed by atoms with van der Waals surface area (Å²) in [6, 6.07) is 5.04. The fourth-order valence-electron chi connectivity index (χ4n) is 3.12. The van der Waals surface area contributed by atoms with E-state index in [1.165, 1.54) is 10.9 Å². The molecule has 1 fully saturated rings. The van der Waals surface area contributed by atoms with Crippen molar-refractivity contribution in [1.29, 1.82) is 0 Å². The fourth-order valence-corrected chi connectivity index (χ4v) is 3.52. The summed E-state index contributed by atoms with van der Waals surface area (Å²) in [5.74, 6) is 0. The predicted molar refractivity (Wildman–Crippen MR) is 87.0 cm³/mol. The van der Waals surface area contributed by atoms with Crippen LogP contribution >= 0.6 is 23.2 Å². The molecule has 1 aromatic carbocycles. The van der Waals surface area contributed by atoms with E-state index in [4.69, 9.17) is 27.9 Å². The Morgan fingerprint density at radius 1 is 1.29 bits per heavy atom. The van der Waals surface area contributed by atoms with Crippen LogP contribution in [0.25, 0.3) is 21.9 Å². The molecule has 0 radical (unpaired) electrons. The summed E-state index contributed by atoms with van der Waals surface area (Å²) in [5.41, 5.74) is 0.959. The average Bonchev–Trinajstić information content (AvgIpc) is 3.03. The Kier molecular flexibility index (Phi) is 3.85. The molecule has 4 rings (SSSR count). The minimum absolute atomic E-state index is 0.207. The van der Waals surface area contributed by atoms with Gasteiger partial charge in [-0.05, 0) is 18.2 Å². The molecule has 9 heteroatoms. The second-order valence-electron chi connectivity index (χ2n) is 5.58. The van der Waals surface area contributed by atoms with Gasteiger partial charge in [-0.3, -0.25) is 4.57 Å². The lowest BCUT2D eigenvalue weighted by molar-refractivity contribution is -0.0442. The summed E-state index contributed by atoms with van der Waals surface area (Å²) in [7, 11) is 0. The van der Waals surface area contributed by atoms with Gasteiger partial charge in [-0.15, -0.1) is 0 Å². The third-order valence-electron chi connectivity index (χ3n) is 4.22. The fraction of sp³-hybridized carbons (Fsp3) is 0.333. The van der Waals surface area contributed by atoms with E-state index in [0.717, 1.165) is 0 Å². The summed E-state index contributed by atoms with van der Waals surface area (Å²) in [6.45, 7) is -0.489. The van der Waals surface area contributed by atoms with Crippen molar-refractivity contribution < 1.29 is 19.3 Å². The molecule has 1 aliphatic heterocycles. The molecule has 24 heavy (non-hydrogen) atoms. The summed E-state index contributed by atoms with van der Waals surface area (Å²) < 4.78 is 21.6. The molecule has 0 aliphatic carbocycles. The molecule has 0 saturated carbocycles. The minimum atomic E-state index is -1.73. The van der Waals surface area contributed by atoms with Gasteiger partial charge in [0.2, 0.25) is 0 Å². The van der Waals surface area contributed by atoms with E-state index in [2.05, 4.69) is 9.97 Å². The van der Waals surface area contributed by atoms with Gasteiger partial charge in [-0.25, -0.2) is 14.4 Å². The van der Waals surface area contributed by atoms with Crippen molar-refractivity contribution in [2.45, 2.75) is 24.6 Å². The Hall–Kier alpha value is -1.51. The number of aliphatic hydroxyl groups excluding tert-OH is 2. The highest BCUT2D eigenvalue weighted by molar-refractivity contribution is 6.37. The summed E-state index contributed by atoms with van der Waals surface area (Å²) >= 11 is 12.3. The number of aromatic nitrogens is 3. The molecule has 1 aliphatic rings. The molecule has 0 amide bonds. The molecule has 2 aromatic heterocycles. The van der Waals surface area contributed by atoms with Crippen molar-refractivity contribution >= 4 is 45.1 Å². The topological polar surface area (TPSA) is 80.4 Å². The van der Waals surface area contributed by atoms with Crippen LogP contribution in [0.1, 0.15) is 6.23 Å². The van der Waals surface area contributed by atoms with Gasteiger partial charge in [0.05, 0.1) is 17.5 Å². The second kappa shape index (κ2) is 5.79. The maximum Gasteiger partial charge on any atom is 0.173 e. The van der Waals surface area contributed by atoms with Gasteiger partial charge < -0.3 is 14.9 Å². The minimum Gasteiger partial charge on any atom is -0.394 e. The molecule has 3 aromatic rings. The first-order valence-electron chi connectivity index (χ1n) is 7.21. The Bertz CT molecular complexity index is 935. The number of ether oxygens (including phenoxy) is 1. The van der Waals surface area contributed by atoms with E-state index >= 15 is 0 Å². The van der Waals surface area contributed by atoms with Crippen molar-refractivity contribution in [3.05, 3.63) is 34.7 Å². The number of hydrogen-bond acceptors (Lipinski definition) is 5. The van der Waals surface area contributed by atoms with Crippen LogP contribution in [0.4, 0.5) is 4.39 Å². The Morgan fingerprint density at radius 3 is 2.79 bits per heavy atom. The molecular formula is C15H12Cl2FN3O3. The maximum absolute atomic E-state index is 14.6. The third kappa shape index (κ3) is 2.20. The van der Waals surface area contributed by atoms with Crippen molar-refractivity contribution in [3.8, 4) is 0 Å². The van der Waals surface area contributed by atoms with Gasteiger partial charge >= 0.3 is 0 Å². The van der Waals surface area contributed by atoms with E-state index in [9.17, 15) is 14.6 Å². The first kappa shape index (κ1) is 16.0. The molecule has 3 heterocycles. The molecule has 1 saturated heterocycles. The van der Waals surface area contributed by atoms with Crippen molar-refractivity contribution in [1.82, 2.24) is 14.5 Å². The molecule has 126 valence electrons.